The van der Waals surface area contributed by atoms with Crippen molar-refractivity contribution in [3.8, 4) is 0 Å². The summed E-state index contributed by atoms with van der Waals surface area (Å²) in [6, 6.07) is 17.3. The third-order valence-corrected chi connectivity index (χ3v) is 4.55. The molecular formula is C19H14N4O3S. The van der Waals surface area contributed by atoms with Crippen LogP contribution in [0.15, 0.2) is 87.9 Å². The summed E-state index contributed by atoms with van der Waals surface area (Å²) in [4.78, 5) is 28.2. The molecule has 0 atom stereocenters. The van der Waals surface area contributed by atoms with E-state index in [1.54, 1.807) is 24.3 Å². The van der Waals surface area contributed by atoms with Crippen LogP contribution in [0.25, 0.3) is 0 Å². The van der Waals surface area contributed by atoms with Crippen molar-refractivity contribution in [2.24, 2.45) is 5.10 Å². The standard InChI is InChI=1S/C19H14N4O3S/c24-19(15-8-10-20-11-9-15)22-21-13-14-6-7-18(17(12-14)23(25)26)27-16-4-2-1-3-5-16/h1-13H,(H,22,24)/b21-13+. The van der Waals surface area contributed by atoms with E-state index in [0.29, 0.717) is 16.0 Å². The van der Waals surface area contributed by atoms with Crippen LogP contribution < -0.4 is 5.43 Å². The molecule has 0 radical (unpaired) electrons. The third-order valence-electron chi connectivity index (χ3n) is 3.47. The predicted octanol–water partition coefficient (Wildman–Crippen LogP) is 3.90. The number of rotatable bonds is 6. The lowest BCUT2D eigenvalue weighted by Crippen LogP contribution is -2.17. The summed E-state index contributed by atoms with van der Waals surface area (Å²) in [5, 5.41) is 15.3. The van der Waals surface area contributed by atoms with Gasteiger partial charge >= 0.3 is 0 Å². The number of nitro groups is 1. The Kier molecular flexibility index (Phi) is 5.91. The number of amides is 1. The van der Waals surface area contributed by atoms with E-state index in [2.05, 4.69) is 15.5 Å². The number of nitrogens with one attached hydrogen (secondary N) is 1. The highest BCUT2D eigenvalue weighted by Crippen LogP contribution is 2.34. The van der Waals surface area contributed by atoms with Gasteiger partial charge in [0.05, 0.1) is 16.0 Å². The lowest BCUT2D eigenvalue weighted by atomic mass is 10.2. The Morgan fingerprint density at radius 2 is 1.85 bits per heavy atom. The first kappa shape index (κ1) is 18.3. The van der Waals surface area contributed by atoms with E-state index in [4.69, 9.17) is 0 Å². The lowest BCUT2D eigenvalue weighted by Gasteiger charge is -2.04. The van der Waals surface area contributed by atoms with Crippen molar-refractivity contribution in [2.45, 2.75) is 9.79 Å². The van der Waals surface area contributed by atoms with Gasteiger partial charge in [0.25, 0.3) is 11.6 Å². The fourth-order valence-electron chi connectivity index (χ4n) is 2.19. The van der Waals surface area contributed by atoms with Crippen molar-refractivity contribution >= 4 is 29.6 Å². The van der Waals surface area contributed by atoms with E-state index in [0.717, 1.165) is 4.90 Å². The summed E-state index contributed by atoms with van der Waals surface area (Å²) in [7, 11) is 0. The minimum atomic E-state index is -0.432. The predicted molar refractivity (Wildman–Crippen MR) is 103 cm³/mol. The van der Waals surface area contributed by atoms with Gasteiger partial charge in [-0.3, -0.25) is 19.9 Å². The number of carbonyl (C=O) groups is 1. The molecule has 0 aliphatic rings. The summed E-state index contributed by atoms with van der Waals surface area (Å²) in [6.45, 7) is 0. The molecule has 3 rings (SSSR count). The van der Waals surface area contributed by atoms with E-state index in [1.165, 1.54) is 36.4 Å². The zero-order chi connectivity index (χ0) is 19.1. The quantitative estimate of drug-likeness (QED) is 0.398. The Morgan fingerprint density at radius 1 is 1.11 bits per heavy atom. The van der Waals surface area contributed by atoms with Gasteiger partial charge in [0.1, 0.15) is 0 Å². The van der Waals surface area contributed by atoms with Crippen LogP contribution in [0.2, 0.25) is 0 Å². The number of pyridine rings is 1. The fourth-order valence-corrected chi connectivity index (χ4v) is 3.11. The Hall–Kier alpha value is -3.52. The van der Waals surface area contributed by atoms with Gasteiger partial charge in [-0.2, -0.15) is 5.10 Å². The molecule has 0 saturated carbocycles. The molecule has 134 valence electrons. The van der Waals surface area contributed by atoms with Gasteiger partial charge in [0, 0.05) is 34.5 Å². The van der Waals surface area contributed by atoms with Gasteiger partial charge in [-0.05, 0) is 30.3 Å². The molecule has 3 aromatic rings. The molecule has 0 aliphatic heterocycles. The molecule has 1 heterocycles. The van der Waals surface area contributed by atoms with Crippen molar-refractivity contribution < 1.29 is 9.72 Å². The molecule has 8 heteroatoms. The maximum Gasteiger partial charge on any atom is 0.283 e. The van der Waals surface area contributed by atoms with Gasteiger partial charge < -0.3 is 0 Å². The smallest absolute Gasteiger partial charge is 0.267 e. The first-order chi connectivity index (χ1) is 13.1. The van der Waals surface area contributed by atoms with Gasteiger partial charge in [-0.25, -0.2) is 5.43 Å². The Balaban J connectivity index is 1.74. The van der Waals surface area contributed by atoms with Crippen molar-refractivity contribution in [2.75, 3.05) is 0 Å². The highest BCUT2D eigenvalue weighted by Gasteiger charge is 2.15. The maximum atomic E-state index is 11.9. The molecule has 1 N–H and O–H groups in total. The maximum absolute atomic E-state index is 11.9. The SMILES string of the molecule is O=C(N/N=C/c1ccc(Sc2ccccc2)c([N+](=O)[O-])c1)c1ccncc1. The van der Waals surface area contributed by atoms with Gasteiger partial charge in [0.15, 0.2) is 0 Å². The molecule has 0 fully saturated rings. The first-order valence-corrected chi connectivity index (χ1v) is 8.70. The molecule has 0 aliphatic carbocycles. The zero-order valence-corrected chi connectivity index (χ0v) is 14.8. The molecule has 27 heavy (non-hydrogen) atoms. The summed E-state index contributed by atoms with van der Waals surface area (Å²) in [6.07, 6.45) is 4.37. The third kappa shape index (κ3) is 4.99. The van der Waals surface area contributed by atoms with E-state index in [9.17, 15) is 14.9 Å². The lowest BCUT2D eigenvalue weighted by molar-refractivity contribution is -0.387. The number of hydrogen-bond donors (Lipinski definition) is 1. The van der Waals surface area contributed by atoms with Crippen LogP contribution in [0, 0.1) is 10.1 Å². The summed E-state index contributed by atoms with van der Waals surface area (Å²) >= 11 is 1.32. The monoisotopic (exact) mass is 378 g/mol. The van der Waals surface area contributed by atoms with E-state index < -0.39 is 4.92 Å². The minimum Gasteiger partial charge on any atom is -0.267 e. The van der Waals surface area contributed by atoms with Crippen LogP contribution >= 0.6 is 11.8 Å². The number of hydrogen-bond acceptors (Lipinski definition) is 6. The number of nitrogens with zero attached hydrogens (tertiary/aromatic N) is 3. The van der Waals surface area contributed by atoms with Crippen LogP contribution in [-0.4, -0.2) is 22.0 Å². The van der Waals surface area contributed by atoms with E-state index in [1.807, 2.05) is 30.3 Å². The van der Waals surface area contributed by atoms with Crippen molar-refractivity contribution in [1.82, 2.24) is 10.4 Å². The second kappa shape index (κ2) is 8.72. The molecule has 0 spiro atoms. The van der Waals surface area contributed by atoms with E-state index >= 15 is 0 Å². The first-order valence-electron chi connectivity index (χ1n) is 7.88. The van der Waals surface area contributed by atoms with Gasteiger partial charge in [-0.1, -0.05) is 36.0 Å². The van der Waals surface area contributed by atoms with Crippen LogP contribution in [0.3, 0.4) is 0 Å². The molecule has 7 nitrogen and oxygen atoms in total. The second-order valence-corrected chi connectivity index (χ2v) is 6.45. The molecule has 0 bridgehead atoms. The van der Waals surface area contributed by atoms with Crippen molar-refractivity contribution in [3.63, 3.8) is 0 Å². The van der Waals surface area contributed by atoms with Crippen LogP contribution in [0.5, 0.6) is 0 Å². The van der Waals surface area contributed by atoms with Crippen LogP contribution in [-0.2, 0) is 0 Å². The highest BCUT2D eigenvalue weighted by atomic mass is 32.2. The van der Waals surface area contributed by atoms with Crippen molar-refractivity contribution in [3.05, 3.63) is 94.3 Å². The number of aromatic nitrogens is 1. The summed E-state index contributed by atoms with van der Waals surface area (Å²) < 4.78 is 0. The average molecular weight is 378 g/mol. The largest absolute Gasteiger partial charge is 0.283 e. The molecule has 2 aromatic carbocycles. The average Bonchev–Trinajstić information content (AvgIpc) is 2.70. The Morgan fingerprint density at radius 3 is 2.56 bits per heavy atom. The summed E-state index contributed by atoms with van der Waals surface area (Å²) in [5.74, 6) is -0.389. The zero-order valence-electron chi connectivity index (χ0n) is 14.0. The van der Waals surface area contributed by atoms with Gasteiger partial charge in [0.2, 0.25) is 0 Å². The number of carbonyl (C=O) groups excluding carboxylic acids is 1. The number of nitro benzene ring substituents is 1. The van der Waals surface area contributed by atoms with Crippen LogP contribution in [0.1, 0.15) is 15.9 Å². The second-order valence-electron chi connectivity index (χ2n) is 5.33. The molecule has 1 aromatic heterocycles. The Labute approximate surface area is 159 Å². The van der Waals surface area contributed by atoms with Gasteiger partial charge in [-0.15, -0.1) is 0 Å². The normalized spacial score (nSPS) is 10.7. The summed E-state index contributed by atoms with van der Waals surface area (Å²) in [5.41, 5.74) is 3.29. The number of benzene rings is 2. The Bertz CT molecular complexity index is 979. The van der Waals surface area contributed by atoms with Crippen LogP contribution in [0.4, 0.5) is 5.69 Å². The molecular weight excluding hydrogens is 364 g/mol. The minimum absolute atomic E-state index is 0.0201. The fraction of sp³-hybridized carbons (Fsp3) is 0. The molecule has 0 unspecified atom stereocenters. The topological polar surface area (TPSA) is 97.5 Å². The molecule has 1 amide bonds. The van der Waals surface area contributed by atoms with Crippen molar-refractivity contribution in [1.29, 1.82) is 0 Å². The van der Waals surface area contributed by atoms with E-state index in [-0.39, 0.29) is 11.6 Å². The number of hydrazone groups is 1. The molecule has 0 saturated heterocycles. The highest BCUT2D eigenvalue weighted by molar-refractivity contribution is 7.99.